The second-order valence-electron chi connectivity index (χ2n) is 8.81. The Morgan fingerprint density at radius 1 is 1.14 bits per heavy atom. The van der Waals surface area contributed by atoms with Crippen molar-refractivity contribution in [3.63, 3.8) is 0 Å². The first-order valence-electron chi connectivity index (χ1n) is 11.5. The van der Waals surface area contributed by atoms with Crippen molar-refractivity contribution in [2.45, 2.75) is 89.6 Å². The molecular weight excluding hydrogens is 360 g/mol. The van der Waals surface area contributed by atoms with E-state index >= 15 is 0 Å². The zero-order valence-corrected chi connectivity index (χ0v) is 17.9. The molecular formula is C24H34N4O. The molecule has 2 aromatic rings. The van der Waals surface area contributed by atoms with Crippen LogP contribution in [0.5, 0.6) is 0 Å². The molecule has 5 nitrogen and oxygen atoms in total. The third-order valence-electron chi connectivity index (χ3n) is 6.43. The molecule has 5 heteroatoms. The van der Waals surface area contributed by atoms with Gasteiger partial charge < -0.3 is 10.2 Å². The highest BCUT2D eigenvalue weighted by Gasteiger charge is 2.30. The lowest BCUT2D eigenvalue weighted by Gasteiger charge is -2.36. The summed E-state index contributed by atoms with van der Waals surface area (Å²) in [4.78, 5) is 24.9. The average molecular weight is 395 g/mol. The highest BCUT2D eigenvalue weighted by atomic mass is 16.1. The summed E-state index contributed by atoms with van der Waals surface area (Å²) in [5.74, 6) is 2.69. The maximum absolute atomic E-state index is 12.5. The molecule has 2 aliphatic rings. The quantitative estimate of drug-likeness (QED) is 0.688. The van der Waals surface area contributed by atoms with Crippen molar-refractivity contribution in [2.24, 2.45) is 0 Å². The molecule has 1 atom stereocenters. The van der Waals surface area contributed by atoms with Crippen molar-refractivity contribution in [3.8, 4) is 0 Å². The Labute approximate surface area is 174 Å². The predicted octanol–water partition coefficient (Wildman–Crippen LogP) is 4.95. The van der Waals surface area contributed by atoms with Crippen LogP contribution in [0.2, 0.25) is 0 Å². The van der Waals surface area contributed by atoms with E-state index in [4.69, 9.17) is 9.97 Å². The molecule has 4 rings (SSSR count). The van der Waals surface area contributed by atoms with Gasteiger partial charge in [-0.1, -0.05) is 38.3 Å². The number of benzene rings is 1. The normalized spacial score (nSPS) is 18.6. The number of anilines is 1. The molecule has 29 heavy (non-hydrogen) atoms. The SMILES string of the molecule is CC[C@@H](C)NC(=O)CCN(c1nc(C2CC2)nc2ccccc12)C1CCCCC1. The molecule has 2 aliphatic carbocycles. The Morgan fingerprint density at radius 2 is 1.90 bits per heavy atom. The molecule has 0 aliphatic heterocycles. The van der Waals surface area contributed by atoms with E-state index < -0.39 is 0 Å². The summed E-state index contributed by atoms with van der Waals surface area (Å²) >= 11 is 0. The minimum absolute atomic E-state index is 0.140. The molecule has 156 valence electrons. The first kappa shape index (κ1) is 20.1. The van der Waals surface area contributed by atoms with E-state index in [1.165, 1.54) is 44.9 Å². The minimum atomic E-state index is 0.140. The van der Waals surface area contributed by atoms with Crippen LogP contribution in [0.25, 0.3) is 10.9 Å². The number of carbonyl (C=O) groups is 1. The summed E-state index contributed by atoms with van der Waals surface area (Å²) < 4.78 is 0. The molecule has 0 spiro atoms. The topological polar surface area (TPSA) is 58.1 Å². The van der Waals surface area contributed by atoms with Crippen LogP contribution in [-0.4, -0.2) is 34.5 Å². The summed E-state index contributed by atoms with van der Waals surface area (Å²) in [7, 11) is 0. The number of aromatic nitrogens is 2. The molecule has 1 N–H and O–H groups in total. The highest BCUT2D eigenvalue weighted by molar-refractivity contribution is 5.90. The van der Waals surface area contributed by atoms with Crippen LogP contribution < -0.4 is 10.2 Å². The van der Waals surface area contributed by atoms with Crippen LogP contribution >= 0.6 is 0 Å². The number of carbonyl (C=O) groups excluding carboxylic acids is 1. The molecule has 1 amide bonds. The summed E-state index contributed by atoms with van der Waals surface area (Å²) in [6.45, 7) is 4.89. The van der Waals surface area contributed by atoms with Gasteiger partial charge in [0.1, 0.15) is 11.6 Å². The molecule has 0 radical (unpaired) electrons. The number of amides is 1. The van der Waals surface area contributed by atoms with Crippen LogP contribution in [0.4, 0.5) is 5.82 Å². The van der Waals surface area contributed by atoms with E-state index in [-0.39, 0.29) is 11.9 Å². The Bertz CT molecular complexity index is 842. The van der Waals surface area contributed by atoms with Crippen LogP contribution in [0.15, 0.2) is 24.3 Å². The lowest BCUT2D eigenvalue weighted by Crippen LogP contribution is -2.41. The van der Waals surface area contributed by atoms with Crippen molar-refractivity contribution in [2.75, 3.05) is 11.4 Å². The lowest BCUT2D eigenvalue weighted by molar-refractivity contribution is -0.121. The van der Waals surface area contributed by atoms with Gasteiger partial charge in [0.2, 0.25) is 5.91 Å². The number of nitrogens with zero attached hydrogens (tertiary/aromatic N) is 3. The second kappa shape index (κ2) is 9.10. The largest absolute Gasteiger partial charge is 0.354 e. The van der Waals surface area contributed by atoms with Gasteiger partial charge in [-0.15, -0.1) is 0 Å². The van der Waals surface area contributed by atoms with Crippen molar-refractivity contribution in [1.29, 1.82) is 0 Å². The summed E-state index contributed by atoms with van der Waals surface area (Å²) in [6.07, 6.45) is 10.1. The number of fused-ring (bicyclic) bond motifs is 1. The predicted molar refractivity (Wildman–Crippen MR) is 118 cm³/mol. The fraction of sp³-hybridized carbons (Fsp3) is 0.625. The van der Waals surface area contributed by atoms with E-state index in [9.17, 15) is 4.79 Å². The van der Waals surface area contributed by atoms with Gasteiger partial charge in [0, 0.05) is 36.4 Å². The van der Waals surface area contributed by atoms with Crippen molar-refractivity contribution >= 4 is 22.6 Å². The molecule has 1 aromatic heterocycles. The van der Waals surface area contributed by atoms with E-state index in [1.807, 2.05) is 0 Å². The Balaban J connectivity index is 1.64. The molecule has 2 saturated carbocycles. The molecule has 0 saturated heterocycles. The first-order valence-corrected chi connectivity index (χ1v) is 11.5. The van der Waals surface area contributed by atoms with Gasteiger partial charge in [0.15, 0.2) is 0 Å². The van der Waals surface area contributed by atoms with Crippen LogP contribution in [0, 0.1) is 0 Å². The van der Waals surface area contributed by atoms with E-state index in [1.54, 1.807) is 0 Å². The number of rotatable bonds is 8. The Kier molecular flexibility index (Phi) is 6.31. The maximum Gasteiger partial charge on any atom is 0.221 e. The Hall–Kier alpha value is -2.17. The fourth-order valence-corrected chi connectivity index (χ4v) is 4.35. The maximum atomic E-state index is 12.5. The number of hydrogen-bond acceptors (Lipinski definition) is 4. The number of nitrogens with one attached hydrogen (secondary N) is 1. The molecule has 2 fully saturated rings. The zero-order chi connectivity index (χ0) is 20.2. The average Bonchev–Trinajstić information content (AvgIpc) is 3.60. The van der Waals surface area contributed by atoms with Crippen LogP contribution in [0.1, 0.15) is 83.4 Å². The molecule has 0 unspecified atom stereocenters. The van der Waals surface area contributed by atoms with Gasteiger partial charge in [-0.3, -0.25) is 4.79 Å². The van der Waals surface area contributed by atoms with Crippen molar-refractivity contribution < 1.29 is 4.79 Å². The number of para-hydroxylation sites is 1. The van der Waals surface area contributed by atoms with Crippen LogP contribution in [-0.2, 0) is 4.79 Å². The van der Waals surface area contributed by atoms with Gasteiger partial charge in [0.25, 0.3) is 0 Å². The standard InChI is InChI=1S/C24H34N4O/c1-3-17(2)25-22(29)15-16-28(19-9-5-4-6-10-19)24-20-11-7-8-12-21(20)26-23(27-24)18-13-14-18/h7-8,11-12,17-19H,3-6,9-10,13-16H2,1-2H3,(H,25,29)/t17-/m1/s1. The van der Waals surface area contributed by atoms with Gasteiger partial charge in [0.05, 0.1) is 5.52 Å². The van der Waals surface area contributed by atoms with E-state index in [2.05, 4.69) is 48.3 Å². The minimum Gasteiger partial charge on any atom is -0.354 e. The molecule has 1 aromatic carbocycles. The lowest BCUT2D eigenvalue weighted by atomic mass is 9.93. The summed E-state index contributed by atoms with van der Waals surface area (Å²) in [5.41, 5.74) is 1.03. The van der Waals surface area contributed by atoms with Gasteiger partial charge in [-0.25, -0.2) is 9.97 Å². The molecule has 1 heterocycles. The smallest absolute Gasteiger partial charge is 0.221 e. The highest BCUT2D eigenvalue weighted by Crippen LogP contribution is 2.40. The fourth-order valence-electron chi connectivity index (χ4n) is 4.35. The van der Waals surface area contributed by atoms with Crippen molar-refractivity contribution in [1.82, 2.24) is 15.3 Å². The van der Waals surface area contributed by atoms with Crippen LogP contribution in [0.3, 0.4) is 0 Å². The van der Waals surface area contributed by atoms with Gasteiger partial charge in [-0.2, -0.15) is 0 Å². The third-order valence-corrected chi connectivity index (χ3v) is 6.43. The van der Waals surface area contributed by atoms with E-state index in [0.29, 0.717) is 18.4 Å². The van der Waals surface area contributed by atoms with Crippen molar-refractivity contribution in [3.05, 3.63) is 30.1 Å². The Morgan fingerprint density at radius 3 is 2.62 bits per heavy atom. The van der Waals surface area contributed by atoms with E-state index in [0.717, 1.165) is 35.5 Å². The first-order chi connectivity index (χ1) is 14.2. The number of hydrogen-bond donors (Lipinski definition) is 1. The third kappa shape index (κ3) is 4.88. The monoisotopic (exact) mass is 394 g/mol. The van der Waals surface area contributed by atoms with Gasteiger partial charge >= 0.3 is 0 Å². The summed E-state index contributed by atoms with van der Waals surface area (Å²) in [5, 5.41) is 4.23. The summed E-state index contributed by atoms with van der Waals surface area (Å²) in [6, 6.07) is 9.05. The van der Waals surface area contributed by atoms with Gasteiger partial charge in [-0.05, 0) is 51.2 Å². The second-order valence-corrected chi connectivity index (χ2v) is 8.81. The zero-order valence-electron chi connectivity index (χ0n) is 17.9. The molecule has 0 bridgehead atoms.